The number of rotatable bonds is 4. The van der Waals surface area contributed by atoms with E-state index in [1.807, 2.05) is 4.68 Å². The van der Waals surface area contributed by atoms with E-state index >= 15 is 0 Å². The minimum atomic E-state index is -0.853. The lowest BCUT2D eigenvalue weighted by Gasteiger charge is -2.44. The van der Waals surface area contributed by atoms with Crippen LogP contribution in [-0.4, -0.2) is 37.0 Å². The van der Waals surface area contributed by atoms with E-state index in [1.165, 1.54) is 18.2 Å². The molecule has 1 aromatic heterocycles. The highest BCUT2D eigenvalue weighted by Crippen LogP contribution is 2.50. The van der Waals surface area contributed by atoms with Crippen molar-refractivity contribution in [3.8, 4) is 0 Å². The summed E-state index contributed by atoms with van der Waals surface area (Å²) in [6, 6.07) is 0.236. The molecule has 1 aromatic rings. The Kier molecular flexibility index (Phi) is 4.09. The zero-order chi connectivity index (χ0) is 15.0. The number of nitrogens with zero attached hydrogens (tertiary/aromatic N) is 4. The first kappa shape index (κ1) is 15.3. The summed E-state index contributed by atoms with van der Waals surface area (Å²) in [7, 11) is 0. The number of carboxylic acid groups (broad SMARTS) is 1. The molecular formula is C13H22N4O2S. The number of aliphatic carboxylic acids is 1. The number of carbonyl (C=O) groups is 1. The zero-order valence-electron chi connectivity index (χ0n) is 12.5. The monoisotopic (exact) mass is 298 g/mol. The normalized spacial score (nSPS) is 21.8. The molecule has 0 spiro atoms. The van der Waals surface area contributed by atoms with Gasteiger partial charge in [0, 0.05) is 0 Å². The molecule has 0 aromatic carbocycles. The van der Waals surface area contributed by atoms with Crippen LogP contribution in [-0.2, 0) is 4.79 Å². The first-order valence-corrected chi connectivity index (χ1v) is 7.80. The van der Waals surface area contributed by atoms with Gasteiger partial charge in [0.15, 0.2) is 0 Å². The fourth-order valence-electron chi connectivity index (χ4n) is 3.60. The fourth-order valence-corrected chi connectivity index (χ4v) is 4.26. The van der Waals surface area contributed by atoms with Crippen LogP contribution in [0.2, 0.25) is 0 Å². The summed E-state index contributed by atoms with van der Waals surface area (Å²) >= 11 is 1.18. The van der Waals surface area contributed by atoms with Gasteiger partial charge in [0.1, 0.15) is 0 Å². The predicted octanol–water partition coefficient (Wildman–Crippen LogP) is 2.63. The van der Waals surface area contributed by atoms with Gasteiger partial charge in [-0.2, -0.15) is 0 Å². The third-order valence-corrected chi connectivity index (χ3v) is 4.58. The second-order valence-corrected chi connectivity index (χ2v) is 8.10. The number of thioether (sulfide) groups is 1. The van der Waals surface area contributed by atoms with Crippen molar-refractivity contribution < 1.29 is 9.90 Å². The molecule has 0 amide bonds. The van der Waals surface area contributed by atoms with Crippen molar-refractivity contribution in [3.05, 3.63) is 0 Å². The van der Waals surface area contributed by atoms with E-state index in [9.17, 15) is 4.79 Å². The van der Waals surface area contributed by atoms with Gasteiger partial charge < -0.3 is 5.11 Å². The van der Waals surface area contributed by atoms with Gasteiger partial charge in [-0.1, -0.05) is 39.5 Å². The Morgan fingerprint density at radius 1 is 1.35 bits per heavy atom. The molecule has 1 N–H and O–H groups in total. The summed E-state index contributed by atoms with van der Waals surface area (Å²) in [6.45, 7) is 9.09. The summed E-state index contributed by atoms with van der Waals surface area (Å²) in [5.74, 6) is -0.867. The summed E-state index contributed by atoms with van der Waals surface area (Å²) in [5, 5.41) is 21.2. The van der Waals surface area contributed by atoms with Crippen LogP contribution in [0.5, 0.6) is 0 Å². The molecule has 2 rings (SSSR count). The Balaban J connectivity index is 2.18. The van der Waals surface area contributed by atoms with Gasteiger partial charge in [-0.25, -0.2) is 4.68 Å². The van der Waals surface area contributed by atoms with Crippen molar-refractivity contribution in [2.24, 2.45) is 10.8 Å². The summed E-state index contributed by atoms with van der Waals surface area (Å²) in [4.78, 5) is 10.7. The molecule has 112 valence electrons. The number of hydrogen-bond donors (Lipinski definition) is 1. The second-order valence-electron chi connectivity index (χ2n) is 7.16. The lowest BCUT2D eigenvalue weighted by atomic mass is 9.63. The summed E-state index contributed by atoms with van der Waals surface area (Å²) < 4.78 is 1.82. The average molecular weight is 298 g/mol. The van der Waals surface area contributed by atoms with Gasteiger partial charge in [-0.3, -0.25) is 4.79 Å². The van der Waals surface area contributed by atoms with E-state index in [1.54, 1.807) is 0 Å². The van der Waals surface area contributed by atoms with Crippen LogP contribution in [0, 0.1) is 10.8 Å². The van der Waals surface area contributed by atoms with Gasteiger partial charge in [0.25, 0.3) is 0 Å². The lowest BCUT2D eigenvalue weighted by molar-refractivity contribution is -0.133. The van der Waals surface area contributed by atoms with Crippen molar-refractivity contribution in [2.45, 2.75) is 58.2 Å². The Labute approximate surface area is 123 Å². The van der Waals surface area contributed by atoms with Crippen LogP contribution in [0.15, 0.2) is 5.16 Å². The van der Waals surface area contributed by atoms with Crippen LogP contribution < -0.4 is 0 Å². The average Bonchev–Trinajstić information content (AvgIpc) is 2.69. The van der Waals surface area contributed by atoms with E-state index in [2.05, 4.69) is 43.2 Å². The minimum absolute atomic E-state index is 0.0140. The van der Waals surface area contributed by atoms with Crippen molar-refractivity contribution >= 4 is 17.7 Å². The van der Waals surface area contributed by atoms with E-state index < -0.39 is 5.97 Å². The minimum Gasteiger partial charge on any atom is -0.481 e. The highest BCUT2D eigenvalue weighted by molar-refractivity contribution is 7.99. The molecule has 0 radical (unpaired) electrons. The Morgan fingerprint density at radius 2 is 1.95 bits per heavy atom. The molecule has 0 atom stereocenters. The second kappa shape index (κ2) is 5.35. The molecule has 0 saturated heterocycles. The lowest BCUT2D eigenvalue weighted by Crippen LogP contribution is -2.35. The maximum absolute atomic E-state index is 10.7. The number of aromatic nitrogens is 4. The van der Waals surface area contributed by atoms with E-state index in [4.69, 9.17) is 5.11 Å². The molecular weight excluding hydrogens is 276 g/mol. The molecule has 6 nitrogen and oxygen atoms in total. The number of hydrogen-bond acceptors (Lipinski definition) is 5. The van der Waals surface area contributed by atoms with Gasteiger partial charge in [-0.05, 0) is 40.5 Å². The fraction of sp³-hybridized carbons (Fsp3) is 0.846. The number of tetrazole rings is 1. The van der Waals surface area contributed by atoms with Crippen molar-refractivity contribution in [1.29, 1.82) is 0 Å². The highest BCUT2D eigenvalue weighted by Gasteiger charge is 2.40. The van der Waals surface area contributed by atoms with Gasteiger partial charge in [-0.15, -0.1) is 5.10 Å². The summed E-state index contributed by atoms with van der Waals surface area (Å²) in [5.41, 5.74) is 0.486. The third kappa shape index (κ3) is 3.71. The standard InChI is InChI=1S/C13H22N4O2S/c1-12(2)5-9(6-13(3,4)8-12)17-11(14-15-16-17)20-7-10(18)19/h9H,5-8H2,1-4H3,(H,18,19). The van der Waals surface area contributed by atoms with Gasteiger partial charge >= 0.3 is 5.97 Å². The van der Waals surface area contributed by atoms with Crippen molar-refractivity contribution in [3.63, 3.8) is 0 Å². The molecule has 1 fully saturated rings. The van der Waals surface area contributed by atoms with Crippen LogP contribution in [0.3, 0.4) is 0 Å². The Bertz CT molecular complexity index is 482. The van der Waals surface area contributed by atoms with Crippen LogP contribution in [0.4, 0.5) is 0 Å². The van der Waals surface area contributed by atoms with E-state index in [-0.39, 0.29) is 22.6 Å². The molecule has 0 unspecified atom stereocenters. The van der Waals surface area contributed by atoms with E-state index in [0.717, 1.165) is 12.8 Å². The zero-order valence-corrected chi connectivity index (χ0v) is 13.3. The Hall–Kier alpha value is -1.11. The van der Waals surface area contributed by atoms with Gasteiger partial charge in [0.2, 0.25) is 5.16 Å². The summed E-state index contributed by atoms with van der Waals surface area (Å²) in [6.07, 6.45) is 3.21. The van der Waals surface area contributed by atoms with Crippen molar-refractivity contribution in [2.75, 3.05) is 5.75 Å². The Morgan fingerprint density at radius 3 is 2.50 bits per heavy atom. The highest BCUT2D eigenvalue weighted by atomic mass is 32.2. The largest absolute Gasteiger partial charge is 0.481 e. The molecule has 7 heteroatoms. The van der Waals surface area contributed by atoms with Crippen LogP contribution in [0.1, 0.15) is 53.0 Å². The van der Waals surface area contributed by atoms with Crippen LogP contribution >= 0.6 is 11.8 Å². The third-order valence-electron chi connectivity index (χ3n) is 3.67. The number of carboxylic acids is 1. The molecule has 1 aliphatic carbocycles. The predicted molar refractivity (Wildman–Crippen MR) is 76.6 cm³/mol. The SMILES string of the molecule is CC1(C)CC(n2nnnc2SCC(=O)O)CC(C)(C)C1. The molecule has 0 aliphatic heterocycles. The molecule has 20 heavy (non-hydrogen) atoms. The molecule has 1 heterocycles. The van der Waals surface area contributed by atoms with Crippen molar-refractivity contribution in [1.82, 2.24) is 20.2 Å². The maximum Gasteiger partial charge on any atom is 0.313 e. The molecule has 1 aliphatic rings. The molecule has 0 bridgehead atoms. The quantitative estimate of drug-likeness (QED) is 0.861. The topological polar surface area (TPSA) is 80.9 Å². The van der Waals surface area contributed by atoms with Gasteiger partial charge in [0.05, 0.1) is 11.8 Å². The van der Waals surface area contributed by atoms with E-state index in [0.29, 0.717) is 5.16 Å². The first-order valence-electron chi connectivity index (χ1n) is 6.81. The van der Waals surface area contributed by atoms with Crippen LogP contribution in [0.25, 0.3) is 0 Å². The first-order chi connectivity index (χ1) is 9.19. The smallest absolute Gasteiger partial charge is 0.313 e. The molecule has 1 saturated carbocycles. The maximum atomic E-state index is 10.7.